The van der Waals surface area contributed by atoms with Crippen LogP contribution < -0.4 is 5.32 Å². The Morgan fingerprint density at radius 2 is 1.90 bits per heavy atom. The Bertz CT molecular complexity index is 950. The molecule has 1 aromatic carbocycles. The van der Waals surface area contributed by atoms with Crippen molar-refractivity contribution in [2.45, 2.75) is 32.6 Å². The Kier molecular flexibility index (Phi) is 5.93. The lowest BCUT2D eigenvalue weighted by Gasteiger charge is -2.47. The third kappa shape index (κ3) is 4.42. The van der Waals surface area contributed by atoms with Crippen molar-refractivity contribution in [3.63, 3.8) is 0 Å². The molecule has 4 rings (SSSR count). The Hall–Kier alpha value is -2.25. The van der Waals surface area contributed by atoms with E-state index in [0.717, 1.165) is 51.0 Å². The quantitative estimate of drug-likeness (QED) is 0.787. The molecular weight excluding hydrogens is 401 g/mol. The summed E-state index contributed by atoms with van der Waals surface area (Å²) in [5, 5.41) is 3.41. The fraction of sp³-hybridized carbons (Fsp3) is 0.478. The summed E-state index contributed by atoms with van der Waals surface area (Å²) in [6, 6.07) is 7.41. The van der Waals surface area contributed by atoms with Gasteiger partial charge in [0.15, 0.2) is 0 Å². The molecule has 0 bridgehead atoms. The molecule has 2 aliphatic rings. The highest BCUT2D eigenvalue weighted by Crippen LogP contribution is 2.40. The molecule has 160 valence electrons. The van der Waals surface area contributed by atoms with Crippen LogP contribution in [0.3, 0.4) is 0 Å². The summed E-state index contributed by atoms with van der Waals surface area (Å²) in [4.78, 5) is 30.8. The molecule has 1 aromatic heterocycles. The molecule has 0 unspecified atom stereocenters. The van der Waals surface area contributed by atoms with Crippen LogP contribution in [0.15, 0.2) is 30.3 Å². The normalized spacial score (nSPS) is 19.1. The summed E-state index contributed by atoms with van der Waals surface area (Å²) in [6.45, 7) is 5.70. The maximum atomic E-state index is 13.4. The molecule has 30 heavy (non-hydrogen) atoms. The molecule has 2 amide bonds. The van der Waals surface area contributed by atoms with Gasteiger partial charge in [-0.05, 0) is 88.0 Å². The number of amides is 2. The van der Waals surface area contributed by atoms with Crippen molar-refractivity contribution >= 4 is 28.2 Å². The molecule has 5 nitrogen and oxygen atoms in total. The van der Waals surface area contributed by atoms with E-state index in [1.165, 1.54) is 36.0 Å². The molecule has 0 radical (unpaired) electrons. The van der Waals surface area contributed by atoms with Crippen LogP contribution in [0.5, 0.6) is 0 Å². The number of thiophene rings is 1. The minimum atomic E-state index is -0.450. The summed E-state index contributed by atoms with van der Waals surface area (Å²) >= 11 is 1.30. The van der Waals surface area contributed by atoms with Crippen molar-refractivity contribution in [2.24, 2.45) is 5.41 Å². The van der Waals surface area contributed by atoms with E-state index >= 15 is 0 Å². The highest BCUT2D eigenvalue weighted by molar-refractivity contribution is 7.18. The number of hydrogen-bond donors (Lipinski definition) is 1. The van der Waals surface area contributed by atoms with E-state index in [1.807, 2.05) is 17.9 Å². The van der Waals surface area contributed by atoms with Gasteiger partial charge in [0.25, 0.3) is 11.8 Å². The molecule has 0 aliphatic carbocycles. The highest BCUT2D eigenvalue weighted by atomic mass is 32.1. The van der Waals surface area contributed by atoms with Crippen LogP contribution >= 0.6 is 11.3 Å². The summed E-state index contributed by atoms with van der Waals surface area (Å²) in [5.74, 6) is -0.770. The van der Waals surface area contributed by atoms with Crippen LogP contribution in [0, 0.1) is 18.2 Å². The van der Waals surface area contributed by atoms with Crippen LogP contribution in [-0.4, -0.2) is 54.8 Å². The Labute approximate surface area is 180 Å². The molecule has 1 spiro atoms. The third-order valence-electron chi connectivity index (χ3n) is 6.43. The number of piperidine rings is 2. The molecule has 7 heteroatoms. The topological polar surface area (TPSA) is 52.7 Å². The van der Waals surface area contributed by atoms with Gasteiger partial charge >= 0.3 is 0 Å². The molecule has 3 heterocycles. The average Bonchev–Trinajstić information content (AvgIpc) is 3.10. The molecule has 2 fully saturated rings. The SMILES string of the molecule is Cc1cc(NC(=O)c2cccc(F)c2)sc1C(=O)N1CCCC2(CCN(C)CC2)C1. The summed E-state index contributed by atoms with van der Waals surface area (Å²) < 4.78 is 13.4. The fourth-order valence-corrected chi connectivity index (χ4v) is 5.63. The van der Waals surface area contributed by atoms with Crippen LogP contribution in [0.2, 0.25) is 0 Å². The largest absolute Gasteiger partial charge is 0.337 e. The Balaban J connectivity index is 1.46. The number of nitrogens with zero attached hydrogens (tertiary/aromatic N) is 2. The smallest absolute Gasteiger partial charge is 0.264 e. The molecule has 0 saturated carbocycles. The molecule has 1 N–H and O–H groups in total. The second-order valence-corrected chi connectivity index (χ2v) is 9.77. The first-order valence-electron chi connectivity index (χ1n) is 10.5. The average molecular weight is 430 g/mol. The predicted octanol–water partition coefficient (Wildman–Crippen LogP) is 4.40. The number of carbonyl (C=O) groups excluding carboxylic acids is 2. The zero-order valence-corrected chi connectivity index (χ0v) is 18.4. The molecule has 2 aliphatic heterocycles. The first kappa shape index (κ1) is 21.0. The number of carbonyl (C=O) groups is 2. The van der Waals surface area contributed by atoms with Gasteiger partial charge in [-0.15, -0.1) is 11.3 Å². The Morgan fingerprint density at radius 1 is 1.13 bits per heavy atom. The zero-order valence-electron chi connectivity index (χ0n) is 17.5. The molecule has 0 atom stereocenters. The van der Waals surface area contributed by atoms with Gasteiger partial charge in [0.05, 0.1) is 9.88 Å². The maximum absolute atomic E-state index is 13.4. The van der Waals surface area contributed by atoms with Crippen LogP contribution in [0.4, 0.5) is 9.39 Å². The van der Waals surface area contributed by atoms with Gasteiger partial charge in [0.2, 0.25) is 0 Å². The van der Waals surface area contributed by atoms with E-state index in [1.54, 1.807) is 6.07 Å². The number of benzene rings is 1. The van der Waals surface area contributed by atoms with Crippen molar-refractivity contribution in [1.82, 2.24) is 9.80 Å². The lowest BCUT2D eigenvalue weighted by molar-refractivity contribution is 0.0264. The molecule has 2 saturated heterocycles. The summed E-state index contributed by atoms with van der Waals surface area (Å²) in [7, 11) is 2.16. The van der Waals surface area contributed by atoms with Crippen molar-refractivity contribution in [3.05, 3.63) is 52.2 Å². The van der Waals surface area contributed by atoms with Gasteiger partial charge in [-0.25, -0.2) is 4.39 Å². The standard InChI is InChI=1S/C23H28FN3O2S/c1-16-13-19(25-21(28)17-5-3-6-18(24)14-17)30-20(16)22(29)27-10-4-7-23(15-27)8-11-26(2)12-9-23/h3,5-6,13-14H,4,7-12,15H2,1-2H3,(H,25,28). The minimum Gasteiger partial charge on any atom is -0.337 e. The zero-order chi connectivity index (χ0) is 21.3. The molecular formula is C23H28FN3O2S. The van der Waals surface area contributed by atoms with E-state index < -0.39 is 5.82 Å². The van der Waals surface area contributed by atoms with Gasteiger partial charge in [0, 0.05) is 18.7 Å². The predicted molar refractivity (Wildman–Crippen MR) is 118 cm³/mol. The summed E-state index contributed by atoms with van der Waals surface area (Å²) in [6.07, 6.45) is 4.53. The fourth-order valence-electron chi connectivity index (χ4n) is 4.60. The highest BCUT2D eigenvalue weighted by Gasteiger charge is 2.39. The molecule has 2 aromatic rings. The Morgan fingerprint density at radius 3 is 2.63 bits per heavy atom. The van der Waals surface area contributed by atoms with Gasteiger partial charge in [-0.1, -0.05) is 6.07 Å². The van der Waals surface area contributed by atoms with E-state index in [-0.39, 0.29) is 22.8 Å². The van der Waals surface area contributed by atoms with Gasteiger partial charge in [-0.3, -0.25) is 9.59 Å². The van der Waals surface area contributed by atoms with E-state index in [4.69, 9.17) is 0 Å². The number of halogens is 1. The van der Waals surface area contributed by atoms with Crippen molar-refractivity contribution in [1.29, 1.82) is 0 Å². The summed E-state index contributed by atoms with van der Waals surface area (Å²) in [5.41, 5.74) is 1.37. The van der Waals surface area contributed by atoms with Gasteiger partial charge in [0.1, 0.15) is 5.82 Å². The number of nitrogens with one attached hydrogen (secondary N) is 1. The minimum absolute atomic E-state index is 0.0572. The van der Waals surface area contributed by atoms with Gasteiger partial charge in [-0.2, -0.15) is 0 Å². The van der Waals surface area contributed by atoms with Crippen molar-refractivity contribution in [3.8, 4) is 0 Å². The van der Waals surface area contributed by atoms with E-state index in [0.29, 0.717) is 9.88 Å². The third-order valence-corrected chi connectivity index (χ3v) is 7.57. The van der Waals surface area contributed by atoms with E-state index in [9.17, 15) is 14.0 Å². The van der Waals surface area contributed by atoms with E-state index in [2.05, 4.69) is 17.3 Å². The van der Waals surface area contributed by atoms with Crippen molar-refractivity contribution in [2.75, 3.05) is 38.5 Å². The van der Waals surface area contributed by atoms with Crippen LogP contribution in [-0.2, 0) is 0 Å². The van der Waals surface area contributed by atoms with Crippen LogP contribution in [0.1, 0.15) is 51.3 Å². The maximum Gasteiger partial charge on any atom is 0.264 e. The lowest BCUT2D eigenvalue weighted by Crippen LogP contribution is -2.50. The number of hydrogen-bond acceptors (Lipinski definition) is 4. The van der Waals surface area contributed by atoms with Gasteiger partial charge < -0.3 is 15.1 Å². The first-order valence-corrected chi connectivity index (χ1v) is 11.3. The number of likely N-dealkylation sites (tertiary alicyclic amines) is 2. The second kappa shape index (κ2) is 8.47. The van der Waals surface area contributed by atoms with Crippen molar-refractivity contribution < 1.29 is 14.0 Å². The number of anilines is 1. The first-order chi connectivity index (χ1) is 14.3. The monoisotopic (exact) mass is 429 g/mol. The second-order valence-electron chi connectivity index (χ2n) is 8.72. The number of rotatable bonds is 3. The number of aryl methyl sites for hydroxylation is 1. The lowest BCUT2D eigenvalue weighted by atomic mass is 9.72. The van der Waals surface area contributed by atoms with Crippen LogP contribution in [0.25, 0.3) is 0 Å².